The summed E-state index contributed by atoms with van der Waals surface area (Å²) in [7, 11) is 3.22. The van der Waals surface area contributed by atoms with Crippen LogP contribution >= 0.6 is 0 Å². The maximum atomic E-state index is 12.6. The summed E-state index contributed by atoms with van der Waals surface area (Å²) < 4.78 is 5.30. The molecule has 1 atom stereocenters. The fourth-order valence-electron chi connectivity index (χ4n) is 2.53. The summed E-state index contributed by atoms with van der Waals surface area (Å²) in [6, 6.07) is 12.1. The van der Waals surface area contributed by atoms with E-state index >= 15 is 0 Å². The Hall–Kier alpha value is -2.82. The minimum Gasteiger partial charge on any atom is -0.467 e. The molecule has 0 N–H and O–H groups in total. The van der Waals surface area contributed by atoms with E-state index in [1.807, 2.05) is 30.3 Å². The average molecular weight is 296 g/mol. The van der Waals surface area contributed by atoms with Crippen LogP contribution in [0.5, 0.6) is 0 Å². The Morgan fingerprint density at radius 2 is 1.77 bits per heavy atom. The molecule has 2 aromatic rings. The molecule has 2 heterocycles. The normalized spacial score (nSPS) is 20.8. The molecule has 2 amide bonds. The van der Waals surface area contributed by atoms with Crippen molar-refractivity contribution in [2.24, 2.45) is 0 Å². The van der Waals surface area contributed by atoms with E-state index in [0.29, 0.717) is 11.5 Å². The van der Waals surface area contributed by atoms with Crippen molar-refractivity contribution < 1.29 is 14.0 Å². The highest BCUT2D eigenvalue weighted by molar-refractivity contribution is 6.07. The third kappa shape index (κ3) is 2.30. The highest BCUT2D eigenvalue weighted by atomic mass is 16.3. The van der Waals surface area contributed by atoms with Crippen molar-refractivity contribution in [3.63, 3.8) is 0 Å². The Morgan fingerprint density at radius 1 is 1.05 bits per heavy atom. The summed E-state index contributed by atoms with van der Waals surface area (Å²) in [6.45, 7) is 0. The molecule has 1 aromatic carbocycles. The second-order valence-corrected chi connectivity index (χ2v) is 5.17. The van der Waals surface area contributed by atoms with E-state index in [9.17, 15) is 9.59 Å². The van der Waals surface area contributed by atoms with E-state index in [2.05, 4.69) is 0 Å². The molecule has 0 radical (unpaired) electrons. The van der Waals surface area contributed by atoms with Gasteiger partial charge < -0.3 is 14.2 Å². The lowest BCUT2D eigenvalue weighted by Gasteiger charge is -2.37. The van der Waals surface area contributed by atoms with Gasteiger partial charge in [-0.1, -0.05) is 30.3 Å². The lowest BCUT2D eigenvalue weighted by molar-refractivity contribution is -0.149. The number of piperazine rings is 1. The van der Waals surface area contributed by atoms with E-state index in [4.69, 9.17) is 4.42 Å². The minimum absolute atomic E-state index is 0.195. The van der Waals surface area contributed by atoms with Gasteiger partial charge in [0.25, 0.3) is 11.8 Å². The molecule has 112 valence electrons. The highest BCUT2D eigenvalue weighted by Gasteiger charge is 2.41. The van der Waals surface area contributed by atoms with Gasteiger partial charge in [-0.15, -0.1) is 0 Å². The molecular formula is C17H16N2O3. The van der Waals surface area contributed by atoms with Crippen molar-refractivity contribution in [3.8, 4) is 0 Å². The number of carbonyl (C=O) groups excluding carboxylic acids is 2. The monoisotopic (exact) mass is 296 g/mol. The van der Waals surface area contributed by atoms with Gasteiger partial charge in [-0.3, -0.25) is 9.59 Å². The summed E-state index contributed by atoms with van der Waals surface area (Å²) in [4.78, 5) is 28.0. The van der Waals surface area contributed by atoms with Crippen LogP contribution in [0.25, 0.3) is 6.08 Å². The number of hydrogen-bond donors (Lipinski definition) is 0. The Balaban J connectivity index is 1.99. The van der Waals surface area contributed by atoms with Crippen LogP contribution in [0, 0.1) is 0 Å². The van der Waals surface area contributed by atoms with Crippen LogP contribution in [0.15, 0.2) is 58.8 Å². The summed E-state index contributed by atoms with van der Waals surface area (Å²) >= 11 is 0. The first-order valence-corrected chi connectivity index (χ1v) is 6.94. The summed E-state index contributed by atoms with van der Waals surface area (Å²) in [5, 5.41) is 0. The topological polar surface area (TPSA) is 53.8 Å². The molecule has 1 aliphatic heterocycles. The van der Waals surface area contributed by atoms with Gasteiger partial charge in [0.05, 0.1) is 6.26 Å². The van der Waals surface area contributed by atoms with Gasteiger partial charge in [-0.25, -0.2) is 0 Å². The average Bonchev–Trinajstić information content (AvgIpc) is 3.05. The maximum Gasteiger partial charge on any atom is 0.271 e. The number of carbonyl (C=O) groups is 2. The van der Waals surface area contributed by atoms with Gasteiger partial charge >= 0.3 is 0 Å². The molecule has 0 spiro atoms. The molecule has 5 nitrogen and oxygen atoms in total. The van der Waals surface area contributed by atoms with Crippen LogP contribution in [-0.4, -0.2) is 35.7 Å². The van der Waals surface area contributed by atoms with Crippen LogP contribution in [0.3, 0.4) is 0 Å². The zero-order valence-electron chi connectivity index (χ0n) is 12.4. The van der Waals surface area contributed by atoms with Crippen LogP contribution in [0.2, 0.25) is 0 Å². The number of amides is 2. The second-order valence-electron chi connectivity index (χ2n) is 5.17. The van der Waals surface area contributed by atoms with E-state index in [1.54, 1.807) is 32.3 Å². The Morgan fingerprint density at radius 3 is 2.41 bits per heavy atom. The molecule has 3 rings (SSSR count). The van der Waals surface area contributed by atoms with E-state index in [1.165, 1.54) is 16.1 Å². The van der Waals surface area contributed by atoms with Gasteiger partial charge in [0.15, 0.2) is 6.04 Å². The minimum atomic E-state index is -0.722. The molecule has 0 bridgehead atoms. The molecule has 5 heteroatoms. The first kappa shape index (κ1) is 14.1. The number of hydrogen-bond acceptors (Lipinski definition) is 3. The van der Waals surface area contributed by atoms with Crippen LogP contribution in [-0.2, 0) is 9.59 Å². The SMILES string of the molecule is CN1C(=O)C(c2ccco2)N(C)C(=O)/C1=C/c1ccccc1. The van der Waals surface area contributed by atoms with Crippen molar-refractivity contribution in [2.75, 3.05) is 14.1 Å². The standard InChI is InChI=1S/C17H16N2O3/c1-18-13(11-12-7-4-3-5-8-12)16(20)19(2)15(17(18)21)14-9-6-10-22-14/h3-11,15H,1-2H3/b13-11-. The molecule has 0 saturated carbocycles. The highest BCUT2D eigenvalue weighted by Crippen LogP contribution is 2.30. The van der Waals surface area contributed by atoms with Crippen molar-refractivity contribution in [2.45, 2.75) is 6.04 Å². The number of benzene rings is 1. The third-order valence-electron chi connectivity index (χ3n) is 3.77. The van der Waals surface area contributed by atoms with Crippen molar-refractivity contribution in [3.05, 3.63) is 65.7 Å². The molecule has 1 unspecified atom stereocenters. The van der Waals surface area contributed by atoms with Gasteiger partial charge in [0, 0.05) is 14.1 Å². The zero-order valence-corrected chi connectivity index (χ0v) is 12.4. The second kappa shape index (κ2) is 5.52. The Bertz CT molecular complexity index is 720. The van der Waals surface area contributed by atoms with Gasteiger partial charge in [-0.05, 0) is 23.8 Å². The number of likely N-dealkylation sites (N-methyl/N-ethyl adjacent to an activating group) is 2. The fraction of sp³-hybridized carbons (Fsp3) is 0.176. The lowest BCUT2D eigenvalue weighted by atomic mass is 10.1. The maximum absolute atomic E-state index is 12.6. The number of furan rings is 1. The molecule has 1 aromatic heterocycles. The molecule has 1 saturated heterocycles. The largest absolute Gasteiger partial charge is 0.467 e. The van der Waals surface area contributed by atoms with Crippen LogP contribution in [0.4, 0.5) is 0 Å². The Labute approximate surface area is 128 Å². The van der Waals surface area contributed by atoms with Crippen LogP contribution in [0.1, 0.15) is 17.4 Å². The van der Waals surface area contributed by atoms with E-state index in [-0.39, 0.29) is 11.8 Å². The van der Waals surface area contributed by atoms with Gasteiger partial charge in [0.2, 0.25) is 0 Å². The fourth-order valence-corrected chi connectivity index (χ4v) is 2.53. The summed E-state index contributed by atoms with van der Waals surface area (Å²) in [5.41, 5.74) is 1.22. The van der Waals surface area contributed by atoms with Crippen molar-refractivity contribution in [1.82, 2.24) is 9.80 Å². The lowest BCUT2D eigenvalue weighted by Crippen LogP contribution is -2.50. The summed E-state index contributed by atoms with van der Waals surface area (Å²) in [6.07, 6.45) is 3.21. The third-order valence-corrected chi connectivity index (χ3v) is 3.77. The predicted octanol–water partition coefficient (Wildman–Crippen LogP) is 2.29. The van der Waals surface area contributed by atoms with Gasteiger partial charge in [-0.2, -0.15) is 0 Å². The summed E-state index contributed by atoms with van der Waals surface area (Å²) in [5.74, 6) is 0.0537. The first-order valence-electron chi connectivity index (χ1n) is 6.94. The van der Waals surface area contributed by atoms with E-state index in [0.717, 1.165) is 5.56 Å². The van der Waals surface area contributed by atoms with Crippen molar-refractivity contribution in [1.29, 1.82) is 0 Å². The smallest absolute Gasteiger partial charge is 0.271 e. The number of rotatable bonds is 2. The van der Waals surface area contributed by atoms with Gasteiger partial charge in [0.1, 0.15) is 11.5 Å². The molecule has 22 heavy (non-hydrogen) atoms. The molecular weight excluding hydrogens is 280 g/mol. The van der Waals surface area contributed by atoms with Crippen molar-refractivity contribution >= 4 is 17.9 Å². The molecule has 1 aliphatic rings. The molecule has 0 aliphatic carbocycles. The quantitative estimate of drug-likeness (QED) is 0.799. The first-order chi connectivity index (χ1) is 10.6. The number of nitrogens with zero attached hydrogens (tertiary/aromatic N) is 2. The van der Waals surface area contributed by atoms with Crippen LogP contribution < -0.4 is 0 Å². The predicted molar refractivity (Wildman–Crippen MR) is 81.4 cm³/mol. The van der Waals surface area contributed by atoms with E-state index < -0.39 is 6.04 Å². The zero-order chi connectivity index (χ0) is 15.7. The molecule has 1 fully saturated rings. The Kier molecular flexibility index (Phi) is 3.55.